The third kappa shape index (κ3) is 3.49. The lowest BCUT2D eigenvalue weighted by atomic mass is 9.75. The number of aromatic nitrogens is 3. The lowest BCUT2D eigenvalue weighted by Gasteiger charge is -2.30. The molecule has 2 aromatic rings. The monoisotopic (exact) mass is 441 g/mol. The molecule has 3 aliphatic rings. The maximum atomic E-state index is 13.8. The van der Waals surface area contributed by atoms with Crippen LogP contribution in [0.25, 0.3) is 0 Å². The summed E-state index contributed by atoms with van der Waals surface area (Å²) in [4.78, 5) is 40.1. The van der Waals surface area contributed by atoms with Gasteiger partial charge in [-0.15, -0.1) is 11.3 Å². The van der Waals surface area contributed by atoms with E-state index >= 15 is 0 Å². The van der Waals surface area contributed by atoms with Gasteiger partial charge in [0.05, 0.1) is 34.7 Å². The number of hydrogen-bond acceptors (Lipinski definition) is 5. The van der Waals surface area contributed by atoms with Crippen LogP contribution in [0.15, 0.2) is 17.9 Å². The topological polar surface area (TPSA) is 71.3 Å². The van der Waals surface area contributed by atoms with Crippen LogP contribution in [0.1, 0.15) is 67.9 Å². The second-order valence-electron chi connectivity index (χ2n) is 9.73. The molecule has 2 atom stereocenters. The van der Waals surface area contributed by atoms with Gasteiger partial charge in [-0.1, -0.05) is 6.42 Å². The summed E-state index contributed by atoms with van der Waals surface area (Å²) < 4.78 is 2.09. The van der Waals surface area contributed by atoms with Gasteiger partial charge in [-0.25, -0.2) is 9.97 Å². The smallest absolute Gasteiger partial charge is 0.231 e. The first kappa shape index (κ1) is 20.7. The quantitative estimate of drug-likeness (QED) is 0.713. The molecular weight excluding hydrogens is 410 g/mol. The number of amides is 2. The molecule has 5 rings (SSSR count). The number of carbonyl (C=O) groups excluding carboxylic acids is 2. The van der Waals surface area contributed by atoms with E-state index in [2.05, 4.69) is 29.6 Å². The van der Waals surface area contributed by atoms with Crippen molar-refractivity contribution in [1.82, 2.24) is 24.3 Å². The molecule has 1 aliphatic carbocycles. The number of hydrogen-bond donors (Lipinski definition) is 0. The highest BCUT2D eigenvalue weighted by Gasteiger charge is 2.59. The van der Waals surface area contributed by atoms with E-state index in [1.54, 1.807) is 11.3 Å². The van der Waals surface area contributed by atoms with Crippen molar-refractivity contribution in [3.8, 4) is 0 Å². The highest BCUT2D eigenvalue weighted by atomic mass is 32.1. The second kappa shape index (κ2) is 7.73. The molecule has 2 aliphatic heterocycles. The minimum Gasteiger partial charge on any atom is -0.341 e. The van der Waals surface area contributed by atoms with Crippen LogP contribution in [0.3, 0.4) is 0 Å². The van der Waals surface area contributed by atoms with Gasteiger partial charge < -0.3 is 14.4 Å². The van der Waals surface area contributed by atoms with Crippen LogP contribution in [0.4, 0.5) is 0 Å². The summed E-state index contributed by atoms with van der Waals surface area (Å²) in [5, 5.41) is 3.06. The van der Waals surface area contributed by atoms with Crippen molar-refractivity contribution < 1.29 is 9.59 Å². The molecule has 1 saturated carbocycles. The normalized spacial score (nSPS) is 26.5. The maximum Gasteiger partial charge on any atom is 0.231 e. The molecule has 1 spiro atoms. The molecule has 2 amide bonds. The number of aryl methyl sites for hydroxylation is 1. The minimum absolute atomic E-state index is 0.0498. The van der Waals surface area contributed by atoms with Crippen LogP contribution in [-0.4, -0.2) is 55.8 Å². The van der Waals surface area contributed by atoms with E-state index in [0.717, 1.165) is 42.1 Å². The van der Waals surface area contributed by atoms with E-state index in [0.29, 0.717) is 32.2 Å². The van der Waals surface area contributed by atoms with Gasteiger partial charge >= 0.3 is 0 Å². The van der Waals surface area contributed by atoms with Crippen LogP contribution in [0, 0.1) is 18.3 Å². The second-order valence-corrected chi connectivity index (χ2v) is 10.8. The van der Waals surface area contributed by atoms with Crippen molar-refractivity contribution in [2.75, 3.05) is 19.6 Å². The third-order valence-electron chi connectivity index (χ3n) is 7.44. The fraction of sp³-hybridized carbons (Fsp3) is 0.652. The van der Waals surface area contributed by atoms with Gasteiger partial charge in [-0.3, -0.25) is 9.59 Å². The molecule has 166 valence electrons. The Balaban J connectivity index is 1.44. The summed E-state index contributed by atoms with van der Waals surface area (Å²) in [5.74, 6) is 0.491. The third-order valence-corrected chi connectivity index (χ3v) is 8.27. The van der Waals surface area contributed by atoms with Gasteiger partial charge in [0.15, 0.2) is 0 Å². The summed E-state index contributed by atoms with van der Waals surface area (Å²) in [6.45, 7) is 8.62. The number of nitrogens with zero attached hydrogens (tertiary/aromatic N) is 5. The number of imidazole rings is 1. The first-order chi connectivity index (χ1) is 14.9. The van der Waals surface area contributed by atoms with E-state index in [1.165, 1.54) is 0 Å². The predicted octanol–water partition coefficient (Wildman–Crippen LogP) is 3.37. The van der Waals surface area contributed by atoms with Gasteiger partial charge in [0, 0.05) is 49.1 Å². The summed E-state index contributed by atoms with van der Waals surface area (Å²) >= 11 is 1.62. The molecule has 7 nitrogen and oxygen atoms in total. The zero-order valence-electron chi connectivity index (χ0n) is 18.6. The van der Waals surface area contributed by atoms with Crippen LogP contribution < -0.4 is 0 Å². The Labute approximate surface area is 187 Å². The van der Waals surface area contributed by atoms with Crippen LogP contribution >= 0.6 is 11.3 Å². The van der Waals surface area contributed by atoms with Gasteiger partial charge in [0.25, 0.3) is 0 Å². The Bertz CT molecular complexity index is 994. The lowest BCUT2D eigenvalue weighted by molar-refractivity contribution is -0.139. The van der Waals surface area contributed by atoms with Crippen molar-refractivity contribution in [3.05, 3.63) is 34.3 Å². The van der Waals surface area contributed by atoms with Crippen molar-refractivity contribution >= 4 is 23.2 Å². The van der Waals surface area contributed by atoms with Crippen LogP contribution in [-0.2, 0) is 16.1 Å². The Morgan fingerprint density at radius 1 is 1.35 bits per heavy atom. The summed E-state index contributed by atoms with van der Waals surface area (Å²) in [6.07, 6.45) is 7.81. The maximum absolute atomic E-state index is 13.8. The Hall–Kier alpha value is -2.22. The molecule has 2 saturated heterocycles. The van der Waals surface area contributed by atoms with E-state index < -0.39 is 5.41 Å². The number of carbonyl (C=O) groups is 2. The average Bonchev–Trinajstić information content (AvgIpc) is 3.45. The highest BCUT2D eigenvalue weighted by molar-refractivity contribution is 7.09. The standard InChI is InChI=1S/C23H31N5O2S/c1-15(2)28-11-20(24-14-28)19-10-27(21(29)17-5-4-6-17)13-23(19)7-8-26(22(23)30)9-18-12-31-16(3)25-18/h11-12,14-15,17,19H,4-10,13H2,1-3H3. The molecule has 31 heavy (non-hydrogen) atoms. The Morgan fingerprint density at radius 3 is 2.77 bits per heavy atom. The molecule has 0 N–H and O–H groups in total. The molecule has 8 heteroatoms. The first-order valence-electron chi connectivity index (χ1n) is 11.4. The van der Waals surface area contributed by atoms with Crippen molar-refractivity contribution in [1.29, 1.82) is 0 Å². The van der Waals surface area contributed by atoms with E-state index in [-0.39, 0.29) is 23.7 Å². The molecule has 0 bridgehead atoms. The van der Waals surface area contributed by atoms with Crippen LogP contribution in [0.2, 0.25) is 0 Å². The molecular formula is C23H31N5O2S. The first-order valence-corrected chi connectivity index (χ1v) is 12.3. The minimum atomic E-state index is -0.569. The molecule has 0 radical (unpaired) electrons. The zero-order chi connectivity index (χ0) is 21.8. The number of likely N-dealkylation sites (tertiary alicyclic amines) is 2. The van der Waals surface area contributed by atoms with Gasteiger partial charge in [-0.05, 0) is 40.0 Å². The molecule has 0 aromatic carbocycles. The van der Waals surface area contributed by atoms with Gasteiger partial charge in [0.2, 0.25) is 11.8 Å². The van der Waals surface area contributed by atoms with Crippen molar-refractivity contribution in [2.24, 2.45) is 11.3 Å². The van der Waals surface area contributed by atoms with Crippen LogP contribution in [0.5, 0.6) is 0 Å². The summed E-state index contributed by atoms with van der Waals surface area (Å²) in [6, 6.07) is 0.315. The lowest BCUT2D eigenvalue weighted by Crippen LogP contribution is -2.42. The molecule has 4 heterocycles. The van der Waals surface area contributed by atoms with Gasteiger partial charge in [0.1, 0.15) is 0 Å². The van der Waals surface area contributed by atoms with E-state index in [9.17, 15) is 9.59 Å². The predicted molar refractivity (Wildman–Crippen MR) is 119 cm³/mol. The molecule has 2 aromatic heterocycles. The van der Waals surface area contributed by atoms with Crippen molar-refractivity contribution in [2.45, 2.75) is 65.0 Å². The van der Waals surface area contributed by atoms with E-state index in [4.69, 9.17) is 4.98 Å². The average molecular weight is 442 g/mol. The fourth-order valence-corrected chi connectivity index (χ4v) is 5.94. The zero-order valence-corrected chi connectivity index (χ0v) is 19.4. The molecule has 2 unspecified atom stereocenters. The van der Waals surface area contributed by atoms with Gasteiger partial charge in [-0.2, -0.15) is 0 Å². The van der Waals surface area contributed by atoms with Crippen molar-refractivity contribution in [3.63, 3.8) is 0 Å². The van der Waals surface area contributed by atoms with E-state index in [1.807, 2.05) is 28.4 Å². The fourth-order valence-electron chi connectivity index (χ4n) is 5.34. The number of thiazole rings is 1. The number of rotatable bonds is 5. The molecule has 3 fully saturated rings. The largest absolute Gasteiger partial charge is 0.341 e. The highest BCUT2D eigenvalue weighted by Crippen LogP contribution is 2.50. The Kier molecular flexibility index (Phi) is 5.15. The summed E-state index contributed by atoms with van der Waals surface area (Å²) in [7, 11) is 0. The Morgan fingerprint density at radius 2 is 2.16 bits per heavy atom. The summed E-state index contributed by atoms with van der Waals surface area (Å²) in [5.41, 5.74) is 1.33. The SMILES string of the molecule is Cc1nc(CN2CCC3(CN(C(=O)C4CCC4)CC3c3cn(C(C)C)cn3)C2=O)cs1.